The molecule has 0 atom stereocenters. The summed E-state index contributed by atoms with van der Waals surface area (Å²) in [6.07, 6.45) is -0.0662. The molecular formula is C13H20N2O4S. The Kier molecular flexibility index (Phi) is 6.47. The number of carbonyl (C=O) groups excluding carboxylic acids is 1. The number of para-hydroxylation sites is 1. The van der Waals surface area contributed by atoms with Gasteiger partial charge in [-0.25, -0.2) is 8.42 Å². The first-order valence-electron chi connectivity index (χ1n) is 6.24. The van der Waals surface area contributed by atoms with E-state index in [1.807, 2.05) is 6.07 Å². The van der Waals surface area contributed by atoms with E-state index in [4.69, 9.17) is 4.74 Å². The third-order valence-corrected chi connectivity index (χ3v) is 4.52. The number of ether oxygens (including phenoxy) is 1. The number of benzene rings is 1. The number of anilines is 1. The Morgan fingerprint density at radius 3 is 2.55 bits per heavy atom. The van der Waals surface area contributed by atoms with Crippen molar-refractivity contribution < 1.29 is 17.9 Å². The van der Waals surface area contributed by atoms with E-state index in [0.29, 0.717) is 18.8 Å². The van der Waals surface area contributed by atoms with Crippen LogP contribution in [0.15, 0.2) is 30.3 Å². The van der Waals surface area contributed by atoms with Crippen LogP contribution in [0, 0.1) is 0 Å². The summed E-state index contributed by atoms with van der Waals surface area (Å²) in [4.78, 5) is 11.5. The third-order valence-electron chi connectivity index (χ3n) is 2.75. The Hall–Kier alpha value is -1.60. The number of rotatable bonds is 8. The van der Waals surface area contributed by atoms with E-state index in [2.05, 4.69) is 5.32 Å². The van der Waals surface area contributed by atoms with Gasteiger partial charge in [-0.1, -0.05) is 18.2 Å². The SMILES string of the molecule is COCCNC(=O)CCS(=O)(=O)N(C)c1ccccc1. The molecule has 6 nitrogen and oxygen atoms in total. The van der Waals surface area contributed by atoms with E-state index >= 15 is 0 Å². The average molecular weight is 300 g/mol. The first-order chi connectivity index (χ1) is 9.47. The molecule has 0 saturated carbocycles. The van der Waals surface area contributed by atoms with Crippen molar-refractivity contribution in [1.29, 1.82) is 0 Å². The highest BCUT2D eigenvalue weighted by atomic mass is 32.2. The van der Waals surface area contributed by atoms with Gasteiger partial charge in [0.2, 0.25) is 15.9 Å². The second kappa shape index (κ2) is 7.86. The van der Waals surface area contributed by atoms with Crippen LogP contribution in [0.25, 0.3) is 0 Å². The molecule has 112 valence electrons. The molecule has 0 fully saturated rings. The summed E-state index contributed by atoms with van der Waals surface area (Å²) >= 11 is 0. The molecule has 0 radical (unpaired) electrons. The van der Waals surface area contributed by atoms with Gasteiger partial charge in [0, 0.05) is 27.1 Å². The molecule has 0 aromatic heterocycles. The largest absolute Gasteiger partial charge is 0.383 e. The molecule has 0 spiro atoms. The van der Waals surface area contributed by atoms with Crippen molar-refractivity contribution in [3.8, 4) is 0 Å². The van der Waals surface area contributed by atoms with Crippen molar-refractivity contribution in [2.75, 3.05) is 37.4 Å². The lowest BCUT2D eigenvalue weighted by Gasteiger charge is -2.19. The maximum Gasteiger partial charge on any atom is 0.235 e. The van der Waals surface area contributed by atoms with Crippen LogP contribution in [0.2, 0.25) is 0 Å². The molecule has 7 heteroatoms. The summed E-state index contributed by atoms with van der Waals surface area (Å²) < 4.78 is 30.2. The minimum absolute atomic E-state index is 0.0662. The Morgan fingerprint density at radius 2 is 1.95 bits per heavy atom. The van der Waals surface area contributed by atoms with E-state index in [1.54, 1.807) is 24.3 Å². The summed E-state index contributed by atoms with van der Waals surface area (Å²) in [7, 11) is -0.485. The molecule has 0 bridgehead atoms. The van der Waals surface area contributed by atoms with Crippen LogP contribution in [0.1, 0.15) is 6.42 Å². The number of nitrogens with one attached hydrogen (secondary N) is 1. The summed E-state index contributed by atoms with van der Waals surface area (Å²) in [6, 6.07) is 8.75. The van der Waals surface area contributed by atoms with Crippen LogP contribution in [0.4, 0.5) is 5.69 Å². The second-order valence-corrected chi connectivity index (χ2v) is 6.33. The average Bonchev–Trinajstić information content (AvgIpc) is 2.45. The number of carbonyl (C=O) groups is 1. The van der Waals surface area contributed by atoms with Crippen molar-refractivity contribution in [3.05, 3.63) is 30.3 Å². The van der Waals surface area contributed by atoms with E-state index < -0.39 is 10.0 Å². The van der Waals surface area contributed by atoms with Crippen molar-refractivity contribution in [3.63, 3.8) is 0 Å². The minimum Gasteiger partial charge on any atom is -0.383 e. The zero-order valence-corrected chi connectivity index (χ0v) is 12.5. The normalized spacial score (nSPS) is 11.1. The van der Waals surface area contributed by atoms with Gasteiger partial charge in [0.05, 0.1) is 18.0 Å². The van der Waals surface area contributed by atoms with Crippen LogP contribution in [-0.4, -0.2) is 47.4 Å². The molecule has 1 aromatic carbocycles. The fraction of sp³-hybridized carbons (Fsp3) is 0.462. The smallest absolute Gasteiger partial charge is 0.235 e. The lowest BCUT2D eigenvalue weighted by atomic mass is 10.3. The molecule has 1 rings (SSSR count). The van der Waals surface area contributed by atoms with Gasteiger partial charge in [0.1, 0.15) is 0 Å². The van der Waals surface area contributed by atoms with Gasteiger partial charge in [-0.15, -0.1) is 0 Å². The quantitative estimate of drug-likeness (QED) is 0.714. The van der Waals surface area contributed by atoms with E-state index in [-0.39, 0.29) is 18.1 Å². The molecule has 1 aromatic rings. The Balaban J connectivity index is 2.51. The van der Waals surface area contributed by atoms with Gasteiger partial charge in [0.15, 0.2) is 0 Å². The van der Waals surface area contributed by atoms with Crippen LogP contribution in [-0.2, 0) is 19.6 Å². The Bertz CT molecular complexity index is 516. The fourth-order valence-corrected chi connectivity index (χ4v) is 2.70. The van der Waals surface area contributed by atoms with E-state index in [9.17, 15) is 13.2 Å². The number of sulfonamides is 1. The highest BCUT2D eigenvalue weighted by Crippen LogP contribution is 2.15. The lowest BCUT2D eigenvalue weighted by molar-refractivity contribution is -0.120. The third kappa shape index (κ3) is 5.18. The molecule has 0 aliphatic carbocycles. The van der Waals surface area contributed by atoms with Gasteiger partial charge < -0.3 is 10.1 Å². The molecule has 0 unspecified atom stereocenters. The standard InChI is InChI=1S/C13H20N2O4S/c1-15(12-6-4-3-5-7-12)20(17,18)11-8-13(16)14-9-10-19-2/h3-7H,8-11H2,1-2H3,(H,14,16). The summed E-state index contributed by atoms with van der Waals surface area (Å²) in [5.74, 6) is -0.524. The number of nitrogens with zero attached hydrogens (tertiary/aromatic N) is 1. The summed E-state index contributed by atoms with van der Waals surface area (Å²) in [6.45, 7) is 0.784. The topological polar surface area (TPSA) is 75.7 Å². The van der Waals surface area contributed by atoms with Gasteiger partial charge >= 0.3 is 0 Å². The van der Waals surface area contributed by atoms with Crippen LogP contribution in [0.3, 0.4) is 0 Å². The van der Waals surface area contributed by atoms with E-state index in [1.165, 1.54) is 18.5 Å². The first-order valence-corrected chi connectivity index (χ1v) is 7.85. The van der Waals surface area contributed by atoms with Gasteiger partial charge in [-0.2, -0.15) is 0 Å². The molecule has 1 N–H and O–H groups in total. The zero-order chi connectivity index (χ0) is 15.0. The lowest BCUT2D eigenvalue weighted by Crippen LogP contribution is -2.33. The maximum atomic E-state index is 12.1. The molecule has 20 heavy (non-hydrogen) atoms. The zero-order valence-electron chi connectivity index (χ0n) is 11.7. The fourth-order valence-electron chi connectivity index (χ4n) is 1.54. The van der Waals surface area contributed by atoms with Crippen LogP contribution in [0.5, 0.6) is 0 Å². The Labute approximate surface area is 119 Å². The number of methoxy groups -OCH3 is 1. The van der Waals surface area contributed by atoms with Crippen LogP contribution >= 0.6 is 0 Å². The van der Waals surface area contributed by atoms with Crippen molar-refractivity contribution in [2.24, 2.45) is 0 Å². The van der Waals surface area contributed by atoms with Crippen molar-refractivity contribution in [1.82, 2.24) is 5.32 Å². The Morgan fingerprint density at radius 1 is 1.30 bits per heavy atom. The first kappa shape index (κ1) is 16.5. The summed E-state index contributed by atoms with van der Waals surface area (Å²) in [5.41, 5.74) is 0.576. The molecule has 0 aliphatic rings. The highest BCUT2D eigenvalue weighted by Gasteiger charge is 2.19. The number of amides is 1. The number of hydrogen-bond donors (Lipinski definition) is 1. The highest BCUT2D eigenvalue weighted by molar-refractivity contribution is 7.92. The van der Waals surface area contributed by atoms with Gasteiger partial charge in [-0.05, 0) is 12.1 Å². The molecule has 0 aliphatic heterocycles. The predicted octanol–water partition coefficient (Wildman–Crippen LogP) is 0.605. The second-order valence-electron chi connectivity index (χ2n) is 4.21. The van der Waals surface area contributed by atoms with E-state index in [0.717, 1.165) is 0 Å². The molecular weight excluding hydrogens is 280 g/mol. The minimum atomic E-state index is -3.50. The van der Waals surface area contributed by atoms with Crippen molar-refractivity contribution >= 4 is 21.6 Å². The molecule has 1 amide bonds. The molecule has 0 saturated heterocycles. The molecule has 0 heterocycles. The summed E-state index contributed by atoms with van der Waals surface area (Å²) in [5, 5.41) is 2.59. The number of hydrogen-bond acceptors (Lipinski definition) is 4. The van der Waals surface area contributed by atoms with Crippen LogP contribution < -0.4 is 9.62 Å². The monoisotopic (exact) mass is 300 g/mol. The van der Waals surface area contributed by atoms with Gasteiger partial charge in [-0.3, -0.25) is 9.10 Å². The predicted molar refractivity (Wildman–Crippen MR) is 78.1 cm³/mol. The van der Waals surface area contributed by atoms with Crippen molar-refractivity contribution in [2.45, 2.75) is 6.42 Å². The van der Waals surface area contributed by atoms with Gasteiger partial charge in [0.25, 0.3) is 0 Å². The maximum absolute atomic E-state index is 12.1.